The van der Waals surface area contributed by atoms with Crippen LogP contribution in [0, 0.1) is 10.1 Å². The highest BCUT2D eigenvalue weighted by Crippen LogP contribution is 2.29. The maximum Gasteiger partial charge on any atom is 0.295 e. The van der Waals surface area contributed by atoms with E-state index in [1.807, 2.05) is 6.92 Å². The second-order valence-corrected chi connectivity index (χ2v) is 2.65. The summed E-state index contributed by atoms with van der Waals surface area (Å²) in [4.78, 5) is 9.77. The van der Waals surface area contributed by atoms with E-state index in [2.05, 4.69) is 0 Å². The van der Waals surface area contributed by atoms with Crippen LogP contribution in [-0.4, -0.2) is 10.0 Å². The van der Waals surface area contributed by atoms with Gasteiger partial charge in [-0.05, 0) is 18.1 Å². The Kier molecular flexibility index (Phi) is 2.36. The first-order valence-electron chi connectivity index (χ1n) is 3.82. The first kappa shape index (κ1) is 9.31. The molecule has 0 aliphatic carbocycles. The van der Waals surface area contributed by atoms with Crippen LogP contribution in [0.25, 0.3) is 0 Å². The topological polar surface area (TPSA) is 89.4 Å². The molecular weight excluding hydrogens is 172 g/mol. The Morgan fingerprint density at radius 3 is 2.69 bits per heavy atom. The minimum absolute atomic E-state index is 0.0802. The maximum atomic E-state index is 10.4. The van der Waals surface area contributed by atoms with Crippen molar-refractivity contribution >= 4 is 11.4 Å². The van der Waals surface area contributed by atoms with E-state index < -0.39 is 4.92 Å². The van der Waals surface area contributed by atoms with E-state index in [1.165, 1.54) is 6.07 Å². The molecule has 0 bridgehead atoms. The highest BCUT2D eigenvalue weighted by molar-refractivity contribution is 5.63. The Hall–Kier alpha value is -1.78. The summed E-state index contributed by atoms with van der Waals surface area (Å²) < 4.78 is 0. The molecule has 0 spiro atoms. The molecule has 0 heterocycles. The summed E-state index contributed by atoms with van der Waals surface area (Å²) in [6.07, 6.45) is 0.591. The molecule has 3 N–H and O–H groups in total. The number of aryl methyl sites for hydroxylation is 1. The Morgan fingerprint density at radius 2 is 2.23 bits per heavy atom. The van der Waals surface area contributed by atoms with Gasteiger partial charge in [0, 0.05) is 0 Å². The number of nitrogen functional groups attached to an aromatic ring is 1. The Bertz CT molecular complexity index is 349. The lowest BCUT2D eigenvalue weighted by Gasteiger charge is -2.03. The molecule has 0 unspecified atom stereocenters. The average molecular weight is 182 g/mol. The van der Waals surface area contributed by atoms with E-state index in [1.54, 1.807) is 0 Å². The van der Waals surface area contributed by atoms with Gasteiger partial charge in [0.05, 0.1) is 11.0 Å². The van der Waals surface area contributed by atoms with E-state index in [4.69, 9.17) is 5.73 Å². The second-order valence-electron chi connectivity index (χ2n) is 2.65. The first-order valence-corrected chi connectivity index (χ1v) is 3.82. The van der Waals surface area contributed by atoms with Gasteiger partial charge >= 0.3 is 0 Å². The number of anilines is 1. The van der Waals surface area contributed by atoms with Gasteiger partial charge in [0.1, 0.15) is 11.4 Å². The van der Waals surface area contributed by atoms with Crippen molar-refractivity contribution in [3.8, 4) is 5.75 Å². The van der Waals surface area contributed by atoms with Crippen molar-refractivity contribution in [3.05, 3.63) is 27.8 Å². The van der Waals surface area contributed by atoms with Gasteiger partial charge in [0.2, 0.25) is 0 Å². The summed E-state index contributed by atoms with van der Waals surface area (Å²) in [5.41, 5.74) is 5.86. The van der Waals surface area contributed by atoms with Gasteiger partial charge in [-0.25, -0.2) is 0 Å². The zero-order valence-corrected chi connectivity index (χ0v) is 7.15. The summed E-state index contributed by atoms with van der Waals surface area (Å²) in [5, 5.41) is 19.7. The minimum atomic E-state index is -0.617. The monoisotopic (exact) mass is 182 g/mol. The Morgan fingerprint density at radius 1 is 1.62 bits per heavy atom. The van der Waals surface area contributed by atoms with Crippen LogP contribution in [0.15, 0.2) is 12.1 Å². The van der Waals surface area contributed by atoms with Gasteiger partial charge in [-0.2, -0.15) is 0 Å². The Balaban J connectivity index is 3.28. The molecule has 5 nitrogen and oxygen atoms in total. The number of hydrogen-bond donors (Lipinski definition) is 2. The normalized spacial score (nSPS) is 9.92. The third-order valence-electron chi connectivity index (χ3n) is 1.81. The van der Waals surface area contributed by atoms with Crippen LogP contribution in [-0.2, 0) is 6.42 Å². The number of nitrogens with zero attached hydrogens (tertiary/aromatic N) is 1. The van der Waals surface area contributed by atoms with Crippen LogP contribution < -0.4 is 5.73 Å². The fourth-order valence-electron chi connectivity index (χ4n) is 1.08. The number of phenols is 1. The zero-order chi connectivity index (χ0) is 10.0. The molecule has 0 saturated heterocycles. The molecule has 1 aromatic rings. The van der Waals surface area contributed by atoms with E-state index in [0.717, 1.165) is 6.07 Å². The molecule has 1 aromatic carbocycles. The molecule has 0 atom stereocenters. The van der Waals surface area contributed by atoms with Crippen molar-refractivity contribution in [1.82, 2.24) is 0 Å². The van der Waals surface area contributed by atoms with Crippen LogP contribution in [0.2, 0.25) is 0 Å². The molecule has 70 valence electrons. The summed E-state index contributed by atoms with van der Waals surface area (Å²) in [7, 11) is 0. The number of nitro benzene ring substituents is 1. The quantitative estimate of drug-likeness (QED) is 0.313. The lowest BCUT2D eigenvalue weighted by molar-refractivity contribution is -0.384. The van der Waals surface area contributed by atoms with E-state index >= 15 is 0 Å². The average Bonchev–Trinajstić information content (AvgIpc) is 2.07. The molecule has 0 saturated carbocycles. The van der Waals surface area contributed by atoms with Gasteiger partial charge < -0.3 is 10.8 Å². The van der Waals surface area contributed by atoms with E-state index in [-0.39, 0.29) is 17.1 Å². The summed E-state index contributed by atoms with van der Waals surface area (Å²) in [5.74, 6) is -0.0802. The molecule has 1 rings (SSSR count). The van der Waals surface area contributed by atoms with Crippen molar-refractivity contribution in [2.24, 2.45) is 0 Å². The molecule has 13 heavy (non-hydrogen) atoms. The van der Waals surface area contributed by atoms with Crippen LogP contribution in [0.3, 0.4) is 0 Å². The first-order chi connectivity index (χ1) is 6.06. The van der Waals surface area contributed by atoms with E-state index in [9.17, 15) is 15.2 Å². The van der Waals surface area contributed by atoms with Crippen molar-refractivity contribution < 1.29 is 10.0 Å². The number of aromatic hydroxyl groups is 1. The predicted octanol–water partition coefficient (Wildman–Crippen LogP) is 1.44. The molecule has 0 radical (unpaired) electrons. The standard InChI is InChI=1S/C8H10N2O3/c1-2-5-3-6(9)7(10(12)13)4-8(5)11/h3-4,11H,2,9H2,1H3. The number of hydrogen-bond acceptors (Lipinski definition) is 4. The van der Waals surface area contributed by atoms with Crippen LogP contribution >= 0.6 is 0 Å². The molecule has 0 aromatic heterocycles. The van der Waals surface area contributed by atoms with Crippen LogP contribution in [0.4, 0.5) is 11.4 Å². The zero-order valence-electron chi connectivity index (χ0n) is 7.15. The molecule has 0 aliphatic heterocycles. The maximum absolute atomic E-state index is 10.4. The minimum Gasteiger partial charge on any atom is -0.507 e. The van der Waals surface area contributed by atoms with Gasteiger partial charge in [-0.3, -0.25) is 10.1 Å². The smallest absolute Gasteiger partial charge is 0.295 e. The predicted molar refractivity (Wildman–Crippen MR) is 48.6 cm³/mol. The lowest BCUT2D eigenvalue weighted by Crippen LogP contribution is -1.97. The Labute approximate surface area is 74.9 Å². The fraction of sp³-hybridized carbons (Fsp3) is 0.250. The molecule has 0 aliphatic rings. The highest BCUT2D eigenvalue weighted by atomic mass is 16.6. The number of benzene rings is 1. The third kappa shape index (κ3) is 1.69. The summed E-state index contributed by atoms with van der Waals surface area (Å²) >= 11 is 0. The van der Waals surface area contributed by atoms with Crippen molar-refractivity contribution in [1.29, 1.82) is 0 Å². The number of rotatable bonds is 2. The lowest BCUT2D eigenvalue weighted by atomic mass is 10.1. The van der Waals surface area contributed by atoms with Gasteiger partial charge in [-0.1, -0.05) is 6.92 Å². The van der Waals surface area contributed by atoms with Crippen molar-refractivity contribution in [2.75, 3.05) is 5.73 Å². The summed E-state index contributed by atoms with van der Waals surface area (Å²) in [6, 6.07) is 2.50. The van der Waals surface area contributed by atoms with Gasteiger partial charge in [-0.15, -0.1) is 0 Å². The highest BCUT2D eigenvalue weighted by Gasteiger charge is 2.14. The fourth-order valence-corrected chi connectivity index (χ4v) is 1.08. The molecular formula is C8H10N2O3. The number of nitro groups is 1. The number of phenolic OH excluding ortho intramolecular Hbond substituents is 1. The molecule has 0 fully saturated rings. The SMILES string of the molecule is CCc1cc(N)c([N+](=O)[O-])cc1O. The van der Waals surface area contributed by atoms with Crippen LogP contribution in [0.5, 0.6) is 5.75 Å². The summed E-state index contributed by atoms with van der Waals surface area (Å²) in [6.45, 7) is 1.83. The van der Waals surface area contributed by atoms with Gasteiger partial charge in [0.25, 0.3) is 5.69 Å². The van der Waals surface area contributed by atoms with Crippen molar-refractivity contribution in [2.45, 2.75) is 13.3 Å². The number of nitrogens with two attached hydrogens (primary N) is 1. The van der Waals surface area contributed by atoms with E-state index in [0.29, 0.717) is 12.0 Å². The second kappa shape index (κ2) is 3.30. The molecule has 5 heteroatoms. The molecule has 0 amide bonds. The van der Waals surface area contributed by atoms with Crippen molar-refractivity contribution in [3.63, 3.8) is 0 Å². The largest absolute Gasteiger partial charge is 0.507 e. The van der Waals surface area contributed by atoms with Crippen LogP contribution in [0.1, 0.15) is 12.5 Å². The third-order valence-corrected chi connectivity index (χ3v) is 1.81. The van der Waals surface area contributed by atoms with Gasteiger partial charge in [0.15, 0.2) is 0 Å².